The summed E-state index contributed by atoms with van der Waals surface area (Å²) in [5.41, 5.74) is 7.27. The van der Waals surface area contributed by atoms with Crippen molar-refractivity contribution in [1.82, 2.24) is 14.4 Å². The van der Waals surface area contributed by atoms with E-state index >= 15 is 0 Å². The van der Waals surface area contributed by atoms with E-state index < -0.39 is 0 Å². The summed E-state index contributed by atoms with van der Waals surface area (Å²) in [4.78, 5) is 8.43. The lowest BCUT2D eigenvalue weighted by atomic mass is 10.5. The predicted molar refractivity (Wildman–Crippen MR) is 45.6 cm³/mol. The maximum atomic E-state index is 5.47. The van der Waals surface area contributed by atoms with Gasteiger partial charge in [0.15, 0.2) is 0 Å². The molecule has 0 aromatic carbocycles. The van der Waals surface area contributed by atoms with E-state index in [-0.39, 0.29) is 0 Å². The van der Waals surface area contributed by atoms with Crippen LogP contribution in [0.2, 0.25) is 0 Å². The number of nitrogens with two attached hydrogens (primary N) is 1. The molecule has 0 aliphatic heterocycles. The van der Waals surface area contributed by atoms with Gasteiger partial charge in [0.1, 0.15) is 11.5 Å². The molecule has 2 rings (SSSR count). The normalized spacial score (nSPS) is 10.8. The molecule has 0 amide bonds. The summed E-state index contributed by atoms with van der Waals surface area (Å²) in [6, 6.07) is 1.87. The second-order valence-corrected chi connectivity index (χ2v) is 2.66. The van der Waals surface area contributed by atoms with Crippen LogP contribution in [0.3, 0.4) is 0 Å². The molecule has 0 fully saturated rings. The third kappa shape index (κ3) is 0.967. The van der Waals surface area contributed by atoms with Crippen LogP contribution in [-0.4, -0.2) is 14.4 Å². The monoisotopic (exact) mass is 162 g/mol. The van der Waals surface area contributed by atoms with Crippen LogP contribution in [0.5, 0.6) is 0 Å². The summed E-state index contributed by atoms with van der Waals surface area (Å²) in [7, 11) is 0. The van der Waals surface area contributed by atoms with Crippen molar-refractivity contribution in [3.8, 4) is 0 Å². The topological polar surface area (TPSA) is 56.2 Å². The first-order valence-corrected chi connectivity index (χ1v) is 3.81. The molecular formula is C8H10N4. The van der Waals surface area contributed by atoms with Gasteiger partial charge in [0, 0.05) is 18.9 Å². The molecule has 0 spiro atoms. The average Bonchev–Trinajstić information content (AvgIpc) is 2.49. The van der Waals surface area contributed by atoms with Gasteiger partial charge in [0.05, 0.1) is 5.69 Å². The first kappa shape index (κ1) is 7.24. The van der Waals surface area contributed by atoms with Gasteiger partial charge in [-0.3, -0.25) is 4.40 Å². The van der Waals surface area contributed by atoms with Crippen LogP contribution >= 0.6 is 0 Å². The molecule has 4 nitrogen and oxygen atoms in total. The summed E-state index contributed by atoms with van der Waals surface area (Å²) in [6.07, 6.45) is 3.66. The molecule has 2 aromatic heterocycles. The highest BCUT2D eigenvalue weighted by Crippen LogP contribution is 2.04. The third-order valence-electron chi connectivity index (χ3n) is 1.83. The van der Waals surface area contributed by atoms with Crippen molar-refractivity contribution >= 4 is 5.65 Å². The van der Waals surface area contributed by atoms with Crippen LogP contribution in [-0.2, 0) is 6.54 Å². The van der Waals surface area contributed by atoms with Gasteiger partial charge in [-0.1, -0.05) is 0 Å². The number of hydrogen-bond donors (Lipinski definition) is 1. The minimum atomic E-state index is 0.473. The van der Waals surface area contributed by atoms with Crippen molar-refractivity contribution in [3.63, 3.8) is 0 Å². The van der Waals surface area contributed by atoms with Crippen LogP contribution < -0.4 is 5.73 Å². The summed E-state index contributed by atoms with van der Waals surface area (Å²) in [5, 5.41) is 0. The van der Waals surface area contributed by atoms with E-state index in [1.807, 2.05) is 23.6 Å². The molecule has 0 saturated heterocycles. The van der Waals surface area contributed by atoms with Crippen LogP contribution in [0.25, 0.3) is 5.65 Å². The highest BCUT2D eigenvalue weighted by atomic mass is 15.1. The summed E-state index contributed by atoms with van der Waals surface area (Å²) in [5.74, 6) is 0.930. The Morgan fingerprint density at radius 1 is 1.58 bits per heavy atom. The van der Waals surface area contributed by atoms with E-state index in [9.17, 15) is 0 Å². The third-order valence-corrected chi connectivity index (χ3v) is 1.83. The largest absolute Gasteiger partial charge is 0.325 e. The SMILES string of the molecule is Cc1nccc2nc(CN)cn12. The van der Waals surface area contributed by atoms with Gasteiger partial charge in [0.25, 0.3) is 0 Å². The minimum absolute atomic E-state index is 0.473. The lowest BCUT2D eigenvalue weighted by molar-refractivity contribution is 0.978. The molecule has 12 heavy (non-hydrogen) atoms. The number of nitrogens with zero attached hydrogens (tertiary/aromatic N) is 3. The van der Waals surface area contributed by atoms with Crippen LogP contribution in [0.1, 0.15) is 11.5 Å². The lowest BCUT2D eigenvalue weighted by Crippen LogP contribution is -1.95. The molecule has 0 radical (unpaired) electrons. The van der Waals surface area contributed by atoms with Crippen LogP contribution in [0, 0.1) is 6.92 Å². The molecule has 0 unspecified atom stereocenters. The van der Waals surface area contributed by atoms with Gasteiger partial charge in [-0.2, -0.15) is 0 Å². The quantitative estimate of drug-likeness (QED) is 0.664. The Kier molecular flexibility index (Phi) is 1.55. The molecule has 0 bridgehead atoms. The zero-order chi connectivity index (χ0) is 8.55. The van der Waals surface area contributed by atoms with Gasteiger partial charge < -0.3 is 5.73 Å². The van der Waals surface area contributed by atoms with Gasteiger partial charge in [-0.05, 0) is 13.0 Å². The fourth-order valence-corrected chi connectivity index (χ4v) is 1.19. The molecule has 0 atom stereocenters. The summed E-state index contributed by atoms with van der Waals surface area (Å²) in [6.45, 7) is 2.41. The molecule has 62 valence electrons. The van der Waals surface area contributed by atoms with E-state index in [1.165, 1.54) is 0 Å². The summed E-state index contributed by atoms with van der Waals surface area (Å²) >= 11 is 0. The Morgan fingerprint density at radius 2 is 2.42 bits per heavy atom. The predicted octanol–water partition coefficient (Wildman–Crippen LogP) is 0.496. The Bertz CT molecular complexity index is 404. The van der Waals surface area contributed by atoms with E-state index in [4.69, 9.17) is 5.73 Å². The van der Waals surface area contributed by atoms with E-state index in [0.29, 0.717) is 6.54 Å². The molecule has 0 saturated carbocycles. The zero-order valence-electron chi connectivity index (χ0n) is 6.86. The smallest absolute Gasteiger partial charge is 0.139 e. The number of hydrogen-bond acceptors (Lipinski definition) is 3. The molecule has 2 N–H and O–H groups in total. The minimum Gasteiger partial charge on any atom is -0.325 e. The fraction of sp³-hybridized carbons (Fsp3) is 0.250. The second kappa shape index (κ2) is 2.57. The Morgan fingerprint density at radius 3 is 3.08 bits per heavy atom. The average molecular weight is 162 g/mol. The van der Waals surface area contributed by atoms with Crippen molar-refractivity contribution in [1.29, 1.82) is 0 Å². The highest BCUT2D eigenvalue weighted by Gasteiger charge is 2.00. The maximum absolute atomic E-state index is 5.47. The Hall–Kier alpha value is -1.42. The van der Waals surface area contributed by atoms with E-state index in [0.717, 1.165) is 17.2 Å². The molecule has 0 aliphatic rings. The zero-order valence-corrected chi connectivity index (χ0v) is 6.86. The number of fused-ring (bicyclic) bond motifs is 1. The first-order valence-electron chi connectivity index (χ1n) is 3.81. The first-order chi connectivity index (χ1) is 5.81. The lowest BCUT2D eigenvalue weighted by Gasteiger charge is -1.94. The van der Waals surface area contributed by atoms with E-state index in [2.05, 4.69) is 9.97 Å². The van der Waals surface area contributed by atoms with Crippen molar-refractivity contribution in [2.24, 2.45) is 5.73 Å². The number of rotatable bonds is 1. The molecule has 2 heterocycles. The summed E-state index contributed by atoms with van der Waals surface area (Å²) < 4.78 is 1.93. The number of imidazole rings is 1. The van der Waals surface area contributed by atoms with Crippen molar-refractivity contribution in [2.45, 2.75) is 13.5 Å². The Balaban J connectivity index is 2.74. The van der Waals surface area contributed by atoms with Gasteiger partial charge >= 0.3 is 0 Å². The maximum Gasteiger partial charge on any atom is 0.139 e. The van der Waals surface area contributed by atoms with E-state index in [1.54, 1.807) is 6.20 Å². The Labute approximate surface area is 70.1 Å². The standard InChI is InChI=1S/C8H10N4/c1-6-10-3-2-8-11-7(4-9)5-12(6)8/h2-3,5H,4,9H2,1H3. The van der Waals surface area contributed by atoms with Gasteiger partial charge in [-0.25, -0.2) is 9.97 Å². The van der Waals surface area contributed by atoms with Crippen LogP contribution in [0.15, 0.2) is 18.5 Å². The van der Waals surface area contributed by atoms with Crippen molar-refractivity contribution in [2.75, 3.05) is 0 Å². The number of aromatic nitrogens is 3. The highest BCUT2D eigenvalue weighted by molar-refractivity contribution is 5.39. The molecule has 0 aliphatic carbocycles. The van der Waals surface area contributed by atoms with Crippen molar-refractivity contribution in [3.05, 3.63) is 30.0 Å². The molecule has 2 aromatic rings. The number of aryl methyl sites for hydroxylation is 1. The second-order valence-electron chi connectivity index (χ2n) is 2.66. The van der Waals surface area contributed by atoms with Crippen molar-refractivity contribution < 1.29 is 0 Å². The molecule has 4 heteroatoms. The van der Waals surface area contributed by atoms with Crippen LogP contribution in [0.4, 0.5) is 0 Å². The molecular weight excluding hydrogens is 152 g/mol. The fourth-order valence-electron chi connectivity index (χ4n) is 1.19. The van der Waals surface area contributed by atoms with Gasteiger partial charge in [-0.15, -0.1) is 0 Å². The van der Waals surface area contributed by atoms with Gasteiger partial charge in [0.2, 0.25) is 0 Å².